The molecule has 0 unspecified atom stereocenters. The summed E-state index contributed by atoms with van der Waals surface area (Å²) in [7, 11) is 0. The van der Waals surface area contributed by atoms with Crippen LogP contribution in [0.3, 0.4) is 0 Å². The maximum atomic E-state index is 10.8. The Morgan fingerprint density at radius 3 is 2.42 bits per heavy atom. The molecule has 3 nitrogen and oxygen atoms in total. The normalized spacial score (nSPS) is 10.9. The van der Waals surface area contributed by atoms with E-state index in [-0.39, 0.29) is 11.4 Å². The number of rotatable bonds is 5. The quantitative estimate of drug-likeness (QED) is 0.600. The van der Waals surface area contributed by atoms with E-state index in [2.05, 4.69) is 11.9 Å². The first kappa shape index (κ1) is 11.2. The number of nitrogens with two attached hydrogens (primary N) is 1. The lowest BCUT2D eigenvalue weighted by Gasteiger charge is -2.26. The van der Waals surface area contributed by atoms with E-state index < -0.39 is 0 Å². The Kier molecular flexibility index (Phi) is 4.59. The molecular weight excluding hydrogens is 152 g/mol. The zero-order chi connectivity index (χ0) is 9.61. The van der Waals surface area contributed by atoms with Gasteiger partial charge in [0, 0.05) is 12.1 Å². The third kappa shape index (κ3) is 3.53. The van der Waals surface area contributed by atoms with E-state index >= 15 is 0 Å². The van der Waals surface area contributed by atoms with E-state index in [1.807, 2.05) is 13.8 Å². The van der Waals surface area contributed by atoms with Crippen molar-refractivity contribution in [2.24, 2.45) is 5.73 Å². The van der Waals surface area contributed by atoms with Gasteiger partial charge in [-0.05, 0) is 18.9 Å². The number of hydrogen-bond acceptors (Lipinski definition) is 2. The Labute approximate surface area is 74.0 Å². The van der Waals surface area contributed by atoms with Crippen LogP contribution < -0.4 is 11.1 Å². The number of carbonyl (C=O) groups excluding carboxylic acids is 1. The van der Waals surface area contributed by atoms with Crippen LogP contribution in [0.2, 0.25) is 0 Å². The summed E-state index contributed by atoms with van der Waals surface area (Å²) < 4.78 is 0. The summed E-state index contributed by atoms with van der Waals surface area (Å²) in [5.41, 5.74) is 5.69. The maximum absolute atomic E-state index is 10.8. The lowest BCUT2D eigenvalue weighted by molar-refractivity contribution is -0.116. The molecule has 0 aromatic carbocycles. The van der Waals surface area contributed by atoms with Crippen LogP contribution in [0.1, 0.15) is 26.7 Å². The summed E-state index contributed by atoms with van der Waals surface area (Å²) in [6.45, 7) is 7.91. The first-order valence-corrected chi connectivity index (χ1v) is 4.27. The molecular formula is C9H18N2O. The molecule has 12 heavy (non-hydrogen) atoms. The molecule has 0 rings (SSSR count). The van der Waals surface area contributed by atoms with Crippen LogP contribution >= 0.6 is 0 Å². The first-order valence-electron chi connectivity index (χ1n) is 4.27. The molecule has 3 heteroatoms. The van der Waals surface area contributed by atoms with Gasteiger partial charge < -0.3 is 11.1 Å². The second kappa shape index (κ2) is 4.93. The highest BCUT2D eigenvalue weighted by molar-refractivity contribution is 5.86. The third-order valence-corrected chi connectivity index (χ3v) is 2.21. The monoisotopic (exact) mass is 170 g/mol. The van der Waals surface area contributed by atoms with Gasteiger partial charge in [-0.1, -0.05) is 20.4 Å². The van der Waals surface area contributed by atoms with Crippen molar-refractivity contribution in [1.29, 1.82) is 0 Å². The Morgan fingerprint density at radius 2 is 2.08 bits per heavy atom. The summed E-state index contributed by atoms with van der Waals surface area (Å²) in [6.07, 6.45) is 2.98. The van der Waals surface area contributed by atoms with E-state index in [9.17, 15) is 4.79 Å². The molecule has 0 saturated carbocycles. The van der Waals surface area contributed by atoms with Crippen molar-refractivity contribution in [2.45, 2.75) is 32.2 Å². The highest BCUT2D eigenvalue weighted by Gasteiger charge is 2.19. The molecule has 0 aliphatic carbocycles. The smallest absolute Gasteiger partial charge is 0.243 e. The van der Waals surface area contributed by atoms with E-state index in [4.69, 9.17) is 5.73 Å². The predicted molar refractivity (Wildman–Crippen MR) is 50.7 cm³/mol. The fraction of sp³-hybridized carbons (Fsp3) is 0.667. The number of carbonyl (C=O) groups is 1. The molecule has 0 spiro atoms. The minimum absolute atomic E-state index is 0.160. The lowest BCUT2D eigenvalue weighted by atomic mass is 9.94. The molecule has 0 radical (unpaired) electrons. The van der Waals surface area contributed by atoms with Gasteiger partial charge in [-0.2, -0.15) is 0 Å². The fourth-order valence-corrected chi connectivity index (χ4v) is 0.835. The fourth-order valence-electron chi connectivity index (χ4n) is 0.835. The summed E-state index contributed by atoms with van der Waals surface area (Å²) in [6, 6.07) is 0. The second-order valence-electron chi connectivity index (χ2n) is 2.99. The predicted octanol–water partition coefficient (Wildman–Crippen LogP) is 0.806. The van der Waals surface area contributed by atoms with Crippen molar-refractivity contribution < 1.29 is 4.79 Å². The first-order chi connectivity index (χ1) is 5.58. The van der Waals surface area contributed by atoms with E-state index in [1.165, 1.54) is 6.08 Å². The van der Waals surface area contributed by atoms with Gasteiger partial charge in [0.25, 0.3) is 0 Å². The molecule has 0 aliphatic rings. The summed E-state index contributed by atoms with van der Waals surface area (Å²) in [4.78, 5) is 10.8. The summed E-state index contributed by atoms with van der Waals surface area (Å²) >= 11 is 0. The van der Waals surface area contributed by atoms with Gasteiger partial charge in [0.2, 0.25) is 5.91 Å². The van der Waals surface area contributed by atoms with Gasteiger partial charge in [-0.15, -0.1) is 0 Å². The highest BCUT2D eigenvalue weighted by Crippen LogP contribution is 2.08. The summed E-state index contributed by atoms with van der Waals surface area (Å²) in [5, 5.41) is 2.69. The zero-order valence-corrected chi connectivity index (χ0v) is 7.89. The van der Waals surface area contributed by atoms with Gasteiger partial charge >= 0.3 is 0 Å². The van der Waals surface area contributed by atoms with E-state index in [0.717, 1.165) is 12.8 Å². The molecule has 1 amide bonds. The molecule has 0 aliphatic heterocycles. The minimum Gasteiger partial charge on any atom is -0.351 e. The van der Waals surface area contributed by atoms with Gasteiger partial charge in [-0.25, -0.2) is 0 Å². The van der Waals surface area contributed by atoms with E-state index in [1.54, 1.807) is 0 Å². The molecule has 0 atom stereocenters. The molecule has 3 N–H and O–H groups in total. The van der Waals surface area contributed by atoms with E-state index in [0.29, 0.717) is 6.54 Å². The molecule has 70 valence electrons. The van der Waals surface area contributed by atoms with Crippen LogP contribution in [-0.4, -0.2) is 18.0 Å². The molecule has 0 aromatic heterocycles. The van der Waals surface area contributed by atoms with Crippen LogP contribution in [-0.2, 0) is 4.79 Å². The largest absolute Gasteiger partial charge is 0.351 e. The summed E-state index contributed by atoms with van der Waals surface area (Å²) in [5.74, 6) is -0.160. The third-order valence-electron chi connectivity index (χ3n) is 2.21. The van der Waals surface area contributed by atoms with Crippen molar-refractivity contribution in [2.75, 3.05) is 6.54 Å². The van der Waals surface area contributed by atoms with Crippen molar-refractivity contribution in [1.82, 2.24) is 5.32 Å². The van der Waals surface area contributed by atoms with Crippen LogP contribution in [0.25, 0.3) is 0 Å². The minimum atomic E-state index is -0.265. The van der Waals surface area contributed by atoms with Crippen LogP contribution in [0, 0.1) is 0 Å². The Morgan fingerprint density at radius 1 is 1.58 bits per heavy atom. The topological polar surface area (TPSA) is 55.1 Å². The SMILES string of the molecule is C=CC(=O)NCC(N)(CC)CC. The molecule has 0 saturated heterocycles. The van der Waals surface area contributed by atoms with Crippen molar-refractivity contribution in [3.8, 4) is 0 Å². The van der Waals surface area contributed by atoms with Crippen molar-refractivity contribution in [3.05, 3.63) is 12.7 Å². The highest BCUT2D eigenvalue weighted by atomic mass is 16.1. The molecule has 0 fully saturated rings. The Bertz CT molecular complexity index is 162. The molecule has 0 heterocycles. The van der Waals surface area contributed by atoms with Crippen LogP contribution in [0.15, 0.2) is 12.7 Å². The zero-order valence-electron chi connectivity index (χ0n) is 7.89. The lowest BCUT2D eigenvalue weighted by Crippen LogP contribution is -2.48. The second-order valence-corrected chi connectivity index (χ2v) is 2.99. The number of amides is 1. The average Bonchev–Trinajstić information content (AvgIpc) is 2.13. The average molecular weight is 170 g/mol. The van der Waals surface area contributed by atoms with Gasteiger partial charge in [0.1, 0.15) is 0 Å². The van der Waals surface area contributed by atoms with Crippen LogP contribution in [0.4, 0.5) is 0 Å². The van der Waals surface area contributed by atoms with Crippen molar-refractivity contribution in [3.63, 3.8) is 0 Å². The molecule has 0 aromatic rings. The van der Waals surface area contributed by atoms with Gasteiger partial charge in [0.15, 0.2) is 0 Å². The maximum Gasteiger partial charge on any atom is 0.243 e. The van der Waals surface area contributed by atoms with Crippen LogP contribution in [0.5, 0.6) is 0 Å². The van der Waals surface area contributed by atoms with Gasteiger partial charge in [0.05, 0.1) is 0 Å². The number of nitrogens with one attached hydrogen (secondary N) is 1. The molecule has 0 bridgehead atoms. The number of hydrogen-bond donors (Lipinski definition) is 2. The van der Waals surface area contributed by atoms with Gasteiger partial charge in [-0.3, -0.25) is 4.79 Å². The Hall–Kier alpha value is -0.830. The Balaban J connectivity index is 3.88. The van der Waals surface area contributed by atoms with Crippen molar-refractivity contribution >= 4 is 5.91 Å². The standard InChI is InChI=1S/C9H18N2O/c1-4-8(12)11-7-9(10,5-2)6-3/h4H,1,5-7,10H2,2-3H3,(H,11,12).